The van der Waals surface area contributed by atoms with Crippen molar-refractivity contribution in [3.05, 3.63) is 46.5 Å². The van der Waals surface area contributed by atoms with Gasteiger partial charge in [0, 0.05) is 12.1 Å². The van der Waals surface area contributed by atoms with Crippen LogP contribution in [0.1, 0.15) is 214 Å². The summed E-state index contributed by atoms with van der Waals surface area (Å²) in [6.45, 7) is 11.1. The third-order valence-corrected chi connectivity index (χ3v) is 9.96. The van der Waals surface area contributed by atoms with Crippen LogP contribution in [-0.4, -0.2) is 39.0 Å². The largest absolute Gasteiger partial charge is 0.493 e. The molecule has 0 fully saturated rings. The molecule has 2 aromatic carbocycles. The molecule has 0 aliphatic carbocycles. The molecule has 6 heteroatoms. The van der Waals surface area contributed by atoms with Crippen molar-refractivity contribution in [3.63, 3.8) is 0 Å². The second-order valence-corrected chi connectivity index (χ2v) is 15.0. The van der Waals surface area contributed by atoms with E-state index in [-0.39, 0.29) is 0 Å². The highest BCUT2D eigenvalue weighted by Crippen LogP contribution is 2.30. The average Bonchev–Trinajstić information content (AvgIpc) is 3.21. The van der Waals surface area contributed by atoms with Crippen LogP contribution in [0.2, 0.25) is 0 Å². The topological polar surface area (TPSA) is 71.1 Å². The zero-order valence-electron chi connectivity index (χ0n) is 35.7. The molecule has 0 amide bonds. The van der Waals surface area contributed by atoms with E-state index in [1.165, 1.54) is 103 Å². The van der Waals surface area contributed by atoms with Crippen molar-refractivity contribution in [1.82, 2.24) is 0 Å². The van der Waals surface area contributed by atoms with Gasteiger partial charge in [-0.3, -0.25) is 9.59 Å². The number of unbranched alkanes of at least 4 members (excludes halogenated alkanes) is 20. The molecule has 0 aliphatic rings. The second kappa shape index (κ2) is 33.3. The summed E-state index contributed by atoms with van der Waals surface area (Å²) < 4.78 is 24.7. The number of hydrogen-bond acceptors (Lipinski definition) is 6. The first kappa shape index (κ1) is 48.2. The molecule has 0 spiro atoms. The number of carbonyl (C=O) groups excluding carboxylic acids is 2. The minimum Gasteiger partial charge on any atom is -0.493 e. The predicted molar refractivity (Wildman–Crippen MR) is 233 cm³/mol. The van der Waals surface area contributed by atoms with Crippen molar-refractivity contribution >= 4 is 12.6 Å². The maximum absolute atomic E-state index is 12.1. The lowest BCUT2D eigenvalue weighted by Gasteiger charge is -2.14. The Morgan fingerprint density at radius 1 is 0.375 bits per heavy atom. The SMILES string of the molecule is CCCCCCCCOc1cc(C=O)c(OCCCCCCCC)cc1C#CC#Cc1cc(OCCCCCCCC)c(C=O)cc1OCCCCCCCC. The molecule has 0 aliphatic heterocycles. The lowest BCUT2D eigenvalue weighted by Crippen LogP contribution is -2.04. The molecule has 0 unspecified atom stereocenters. The van der Waals surface area contributed by atoms with Crippen molar-refractivity contribution in [3.8, 4) is 46.7 Å². The highest BCUT2D eigenvalue weighted by molar-refractivity contribution is 5.82. The van der Waals surface area contributed by atoms with E-state index in [2.05, 4.69) is 51.4 Å². The van der Waals surface area contributed by atoms with Crippen LogP contribution < -0.4 is 18.9 Å². The molecular formula is C50H74O6. The fraction of sp³-hybridized carbons (Fsp3) is 0.640. The summed E-state index contributed by atoms with van der Waals surface area (Å²) in [4.78, 5) is 24.3. The van der Waals surface area contributed by atoms with Gasteiger partial charge >= 0.3 is 0 Å². The smallest absolute Gasteiger partial charge is 0.153 e. The van der Waals surface area contributed by atoms with E-state index < -0.39 is 0 Å². The number of rotatable bonds is 34. The molecule has 0 atom stereocenters. The Bertz CT molecular complexity index is 1360. The van der Waals surface area contributed by atoms with Crippen LogP contribution in [0.4, 0.5) is 0 Å². The zero-order chi connectivity index (χ0) is 40.3. The Morgan fingerprint density at radius 2 is 0.643 bits per heavy atom. The molecule has 56 heavy (non-hydrogen) atoms. The number of hydrogen-bond donors (Lipinski definition) is 0. The first-order valence-electron chi connectivity index (χ1n) is 22.4. The van der Waals surface area contributed by atoms with Crippen LogP contribution in [0.25, 0.3) is 0 Å². The Balaban J connectivity index is 2.33. The maximum atomic E-state index is 12.1. The van der Waals surface area contributed by atoms with E-state index in [9.17, 15) is 9.59 Å². The fourth-order valence-corrected chi connectivity index (χ4v) is 6.47. The average molecular weight is 771 g/mol. The molecule has 6 nitrogen and oxygen atoms in total. The summed E-state index contributed by atoms with van der Waals surface area (Å²) in [6.07, 6.45) is 29.4. The molecule has 0 heterocycles. The maximum Gasteiger partial charge on any atom is 0.153 e. The predicted octanol–water partition coefficient (Wildman–Crippen LogP) is 13.7. The van der Waals surface area contributed by atoms with E-state index in [4.69, 9.17) is 18.9 Å². The first-order valence-corrected chi connectivity index (χ1v) is 22.4. The third-order valence-electron chi connectivity index (χ3n) is 9.96. The molecular weight excluding hydrogens is 697 g/mol. The third kappa shape index (κ3) is 21.4. The molecule has 2 aromatic rings. The Labute approximate surface area is 341 Å². The summed E-state index contributed by atoms with van der Waals surface area (Å²) in [5, 5.41) is 0. The van der Waals surface area contributed by atoms with Gasteiger partial charge in [0.25, 0.3) is 0 Å². The van der Waals surface area contributed by atoms with Gasteiger partial charge in [0.1, 0.15) is 23.0 Å². The van der Waals surface area contributed by atoms with Gasteiger partial charge in [-0.15, -0.1) is 0 Å². The first-order chi connectivity index (χ1) is 27.6. The zero-order valence-corrected chi connectivity index (χ0v) is 35.7. The van der Waals surface area contributed by atoms with Crippen LogP contribution in [-0.2, 0) is 0 Å². The van der Waals surface area contributed by atoms with Crippen LogP contribution in [0.3, 0.4) is 0 Å². The normalized spacial score (nSPS) is 10.6. The minimum absolute atomic E-state index is 0.460. The summed E-state index contributed by atoms with van der Waals surface area (Å²) in [5.41, 5.74) is 2.18. The quantitative estimate of drug-likeness (QED) is 0.0401. The molecule has 310 valence electrons. The Hall–Kier alpha value is -3.90. The monoisotopic (exact) mass is 771 g/mol. The Kier molecular flexibility index (Phi) is 28.7. The van der Waals surface area contributed by atoms with Gasteiger partial charge in [-0.25, -0.2) is 0 Å². The molecule has 0 bridgehead atoms. The number of benzene rings is 2. The summed E-state index contributed by atoms with van der Waals surface area (Å²) >= 11 is 0. The highest BCUT2D eigenvalue weighted by Gasteiger charge is 2.13. The highest BCUT2D eigenvalue weighted by atomic mass is 16.5. The van der Waals surface area contributed by atoms with Crippen molar-refractivity contribution in [1.29, 1.82) is 0 Å². The van der Waals surface area contributed by atoms with E-state index in [0.717, 1.165) is 63.9 Å². The molecule has 0 aromatic heterocycles. The van der Waals surface area contributed by atoms with E-state index in [1.54, 1.807) is 12.1 Å². The van der Waals surface area contributed by atoms with Gasteiger partial charge in [0.2, 0.25) is 0 Å². The summed E-state index contributed by atoms with van der Waals surface area (Å²) in [7, 11) is 0. The molecule has 0 saturated carbocycles. The van der Waals surface area contributed by atoms with Crippen molar-refractivity contribution in [2.45, 2.75) is 182 Å². The fourth-order valence-electron chi connectivity index (χ4n) is 6.47. The number of aldehydes is 2. The van der Waals surface area contributed by atoms with Gasteiger partial charge in [0.05, 0.1) is 48.7 Å². The van der Waals surface area contributed by atoms with Crippen molar-refractivity contribution in [2.75, 3.05) is 26.4 Å². The van der Waals surface area contributed by atoms with Crippen LogP contribution in [0.15, 0.2) is 24.3 Å². The van der Waals surface area contributed by atoms with E-state index in [1.807, 2.05) is 12.1 Å². The van der Waals surface area contributed by atoms with E-state index in [0.29, 0.717) is 71.7 Å². The Morgan fingerprint density at radius 3 is 0.929 bits per heavy atom. The van der Waals surface area contributed by atoms with Gasteiger partial charge in [0.15, 0.2) is 12.6 Å². The standard InChI is InChI=1S/C50H74O6/c1-5-9-13-17-21-27-33-53-47-39-45(41-51)49(55-35-29-23-19-15-11-7-3)37-43(47)31-25-26-32-44-38-50(56-36-30-24-20-16-12-8-4)46(42-52)40-48(44)54-34-28-22-18-14-10-6-2/h37-42H,5-24,27-30,33-36H2,1-4H3. The summed E-state index contributed by atoms with van der Waals surface area (Å²) in [5.74, 6) is 14.6. The lowest BCUT2D eigenvalue weighted by molar-refractivity contribution is 0.111. The molecule has 0 N–H and O–H groups in total. The van der Waals surface area contributed by atoms with Gasteiger partial charge in [-0.1, -0.05) is 156 Å². The second-order valence-electron chi connectivity index (χ2n) is 15.0. The molecule has 2 rings (SSSR count). The van der Waals surface area contributed by atoms with Crippen LogP contribution >= 0.6 is 0 Å². The van der Waals surface area contributed by atoms with Crippen LogP contribution in [0.5, 0.6) is 23.0 Å². The van der Waals surface area contributed by atoms with Crippen molar-refractivity contribution in [2.24, 2.45) is 0 Å². The van der Waals surface area contributed by atoms with Gasteiger partial charge in [-0.2, -0.15) is 0 Å². The van der Waals surface area contributed by atoms with E-state index >= 15 is 0 Å². The van der Waals surface area contributed by atoms with Crippen molar-refractivity contribution < 1.29 is 28.5 Å². The van der Waals surface area contributed by atoms with Gasteiger partial charge in [-0.05, 0) is 61.5 Å². The molecule has 0 radical (unpaired) electrons. The molecule has 0 saturated heterocycles. The lowest BCUT2D eigenvalue weighted by atomic mass is 10.1. The number of ether oxygens (including phenoxy) is 4. The van der Waals surface area contributed by atoms with Crippen LogP contribution in [0, 0.1) is 23.7 Å². The summed E-state index contributed by atoms with van der Waals surface area (Å²) in [6, 6.07) is 7.12. The number of carbonyl (C=O) groups is 2. The minimum atomic E-state index is 0.460. The van der Waals surface area contributed by atoms with Gasteiger partial charge < -0.3 is 18.9 Å².